The molecule has 0 aliphatic heterocycles. The molecule has 3 nitrogen and oxygen atoms in total. The summed E-state index contributed by atoms with van der Waals surface area (Å²) in [4.78, 5) is 12.5. The number of carbonyl (C=O) groups is 1. The Morgan fingerprint density at radius 2 is 2.16 bits per heavy atom. The molecule has 0 aliphatic rings. The summed E-state index contributed by atoms with van der Waals surface area (Å²) in [5, 5.41) is 9.00. The van der Waals surface area contributed by atoms with Crippen LogP contribution < -0.4 is 0 Å². The van der Waals surface area contributed by atoms with Gasteiger partial charge in [-0.3, -0.25) is 4.79 Å². The van der Waals surface area contributed by atoms with Crippen LogP contribution in [0.1, 0.15) is 6.92 Å². The molecule has 0 aromatic carbocycles. The van der Waals surface area contributed by atoms with Gasteiger partial charge in [0.1, 0.15) is 11.9 Å². The van der Waals surface area contributed by atoms with E-state index in [-0.39, 0.29) is 6.54 Å². The summed E-state index contributed by atoms with van der Waals surface area (Å²) >= 11 is 5.41. The zero-order chi connectivity index (χ0) is 14.8. The van der Waals surface area contributed by atoms with E-state index in [1.165, 1.54) is 6.08 Å². The Labute approximate surface area is 116 Å². The first-order valence-electron chi connectivity index (χ1n) is 5.70. The first-order valence-corrected chi connectivity index (χ1v) is 6.23. The number of alkyl halides is 3. The minimum atomic E-state index is -2.84. The second-order valence-electron chi connectivity index (χ2n) is 3.71. The third-order valence-electron chi connectivity index (χ3n) is 2.43. The number of rotatable bonds is 8. The number of aliphatic hydroxyl groups is 1. The van der Waals surface area contributed by atoms with Crippen molar-refractivity contribution in [3.63, 3.8) is 0 Å². The molecule has 0 heterocycles. The van der Waals surface area contributed by atoms with Crippen molar-refractivity contribution >= 4 is 17.5 Å². The van der Waals surface area contributed by atoms with E-state index in [9.17, 15) is 13.6 Å². The molecule has 1 atom stereocenters. The lowest BCUT2D eigenvalue weighted by molar-refractivity contribution is -0.135. The summed E-state index contributed by atoms with van der Waals surface area (Å²) in [7, 11) is 0. The molecule has 108 valence electrons. The van der Waals surface area contributed by atoms with Gasteiger partial charge >= 0.3 is 0 Å². The molecule has 0 aromatic rings. The van der Waals surface area contributed by atoms with Crippen molar-refractivity contribution in [1.82, 2.24) is 4.90 Å². The molecule has 0 aliphatic carbocycles. The van der Waals surface area contributed by atoms with E-state index in [1.54, 1.807) is 25.2 Å². The molecule has 0 fully saturated rings. The topological polar surface area (TPSA) is 40.5 Å². The smallest absolute Gasteiger partial charge is 0.260 e. The largest absolute Gasteiger partial charge is 0.394 e. The van der Waals surface area contributed by atoms with Crippen molar-refractivity contribution in [2.75, 3.05) is 19.0 Å². The molecule has 1 unspecified atom stereocenters. The van der Waals surface area contributed by atoms with Crippen molar-refractivity contribution in [3.05, 3.63) is 36.5 Å². The summed E-state index contributed by atoms with van der Waals surface area (Å²) in [6.07, 6.45) is 3.74. The fourth-order valence-corrected chi connectivity index (χ4v) is 1.54. The summed E-state index contributed by atoms with van der Waals surface area (Å²) in [5.41, 5.74) is 0.579. The maximum absolute atomic E-state index is 12.8. The Bertz CT molecular complexity index is 357. The summed E-state index contributed by atoms with van der Waals surface area (Å²) in [6, 6.07) is -1.57. The second-order valence-corrected chi connectivity index (χ2v) is 3.98. The van der Waals surface area contributed by atoms with Gasteiger partial charge in [0, 0.05) is 6.54 Å². The molecule has 1 N–H and O–H groups in total. The molecule has 0 spiro atoms. The van der Waals surface area contributed by atoms with Crippen LogP contribution in [0.4, 0.5) is 8.78 Å². The molecule has 0 bridgehead atoms. The Balaban J connectivity index is 5.15. The minimum Gasteiger partial charge on any atom is -0.394 e. The fourth-order valence-electron chi connectivity index (χ4n) is 1.38. The highest BCUT2D eigenvalue weighted by molar-refractivity contribution is 6.27. The van der Waals surface area contributed by atoms with E-state index in [2.05, 4.69) is 6.58 Å². The van der Waals surface area contributed by atoms with Crippen LogP contribution in [0.25, 0.3) is 0 Å². The van der Waals surface area contributed by atoms with E-state index in [4.69, 9.17) is 16.7 Å². The van der Waals surface area contributed by atoms with Gasteiger partial charge in [-0.05, 0) is 12.5 Å². The highest BCUT2D eigenvalue weighted by Crippen LogP contribution is 2.13. The average Bonchev–Trinajstić information content (AvgIpc) is 2.40. The Morgan fingerprint density at radius 1 is 1.53 bits per heavy atom. The predicted octanol–water partition coefficient (Wildman–Crippen LogP) is 2.37. The van der Waals surface area contributed by atoms with Crippen molar-refractivity contribution in [2.24, 2.45) is 0 Å². The van der Waals surface area contributed by atoms with Crippen LogP contribution in [0.2, 0.25) is 0 Å². The molecule has 1 amide bonds. The molecule has 6 heteroatoms. The van der Waals surface area contributed by atoms with Gasteiger partial charge in [0.2, 0.25) is 5.91 Å². The highest BCUT2D eigenvalue weighted by Gasteiger charge is 2.30. The SMILES string of the molecule is C=C/C(=C\C=C/C)CN(C(=O)CCl)C(CO)C(F)F. The Morgan fingerprint density at radius 3 is 2.53 bits per heavy atom. The van der Waals surface area contributed by atoms with Crippen LogP contribution in [0.3, 0.4) is 0 Å². The van der Waals surface area contributed by atoms with Crippen molar-refractivity contribution in [3.8, 4) is 0 Å². The summed E-state index contributed by atoms with van der Waals surface area (Å²) in [6.45, 7) is 4.46. The molecule has 0 saturated carbocycles. The van der Waals surface area contributed by atoms with Gasteiger partial charge in [0.15, 0.2) is 0 Å². The highest BCUT2D eigenvalue weighted by atomic mass is 35.5. The van der Waals surface area contributed by atoms with E-state index >= 15 is 0 Å². The third kappa shape index (κ3) is 5.98. The van der Waals surface area contributed by atoms with E-state index in [1.807, 2.05) is 0 Å². The summed E-state index contributed by atoms with van der Waals surface area (Å²) in [5.74, 6) is -1.08. The van der Waals surface area contributed by atoms with Crippen molar-refractivity contribution in [2.45, 2.75) is 19.4 Å². The number of carbonyl (C=O) groups excluding carboxylic acids is 1. The average molecular weight is 294 g/mol. The zero-order valence-electron chi connectivity index (χ0n) is 10.7. The maximum atomic E-state index is 12.8. The first-order chi connectivity index (χ1) is 9.01. The van der Waals surface area contributed by atoms with Crippen LogP contribution in [0.5, 0.6) is 0 Å². The van der Waals surface area contributed by atoms with E-state index < -0.39 is 30.9 Å². The molecular formula is C13H18ClF2NO2. The predicted molar refractivity (Wildman–Crippen MR) is 72.4 cm³/mol. The Hall–Kier alpha value is -1.20. The number of halogens is 3. The van der Waals surface area contributed by atoms with Gasteiger partial charge in [0.25, 0.3) is 6.43 Å². The molecule has 0 radical (unpaired) electrons. The number of nitrogens with zero attached hydrogens (tertiary/aromatic N) is 1. The monoisotopic (exact) mass is 293 g/mol. The summed E-state index contributed by atoms with van der Waals surface area (Å²) < 4.78 is 25.6. The van der Waals surface area contributed by atoms with Crippen LogP contribution in [0, 0.1) is 0 Å². The van der Waals surface area contributed by atoms with Crippen molar-refractivity contribution in [1.29, 1.82) is 0 Å². The number of aliphatic hydroxyl groups excluding tert-OH is 1. The zero-order valence-corrected chi connectivity index (χ0v) is 11.5. The van der Waals surface area contributed by atoms with Crippen molar-refractivity contribution < 1.29 is 18.7 Å². The van der Waals surface area contributed by atoms with Gasteiger partial charge in [-0.25, -0.2) is 8.78 Å². The van der Waals surface area contributed by atoms with Crippen LogP contribution in [0.15, 0.2) is 36.5 Å². The lowest BCUT2D eigenvalue weighted by Crippen LogP contribution is -2.48. The lowest BCUT2D eigenvalue weighted by Gasteiger charge is -2.29. The maximum Gasteiger partial charge on any atom is 0.260 e. The molecule has 0 saturated heterocycles. The van der Waals surface area contributed by atoms with Gasteiger partial charge in [-0.1, -0.05) is 30.9 Å². The van der Waals surface area contributed by atoms with E-state index in [0.717, 1.165) is 4.90 Å². The number of hydrogen-bond donors (Lipinski definition) is 1. The van der Waals surface area contributed by atoms with Gasteiger partial charge in [-0.15, -0.1) is 11.6 Å². The lowest BCUT2D eigenvalue weighted by atomic mass is 10.1. The van der Waals surface area contributed by atoms with Gasteiger partial charge in [-0.2, -0.15) is 0 Å². The fraction of sp³-hybridized carbons (Fsp3) is 0.462. The standard InChI is InChI=1S/C13H18ClF2NO2/c1-3-5-6-10(4-2)8-17(12(19)7-14)11(9-18)13(15)16/h3-6,11,13,18H,2,7-9H2,1H3/b5-3-,10-6+. The first kappa shape index (κ1) is 17.8. The minimum absolute atomic E-state index is 0.0744. The second kappa shape index (κ2) is 9.69. The van der Waals surface area contributed by atoms with Crippen LogP contribution >= 0.6 is 11.6 Å². The quantitative estimate of drug-likeness (QED) is 0.551. The third-order valence-corrected chi connectivity index (χ3v) is 2.66. The number of hydrogen-bond acceptors (Lipinski definition) is 2. The van der Waals surface area contributed by atoms with Crippen LogP contribution in [-0.2, 0) is 4.79 Å². The van der Waals surface area contributed by atoms with Crippen LogP contribution in [-0.4, -0.2) is 47.4 Å². The number of allylic oxidation sites excluding steroid dienone is 3. The molecule has 0 rings (SSSR count). The molecular weight excluding hydrogens is 276 g/mol. The number of amides is 1. The van der Waals surface area contributed by atoms with Gasteiger partial charge in [0.05, 0.1) is 6.61 Å². The van der Waals surface area contributed by atoms with E-state index in [0.29, 0.717) is 5.57 Å². The molecule has 0 aromatic heterocycles. The van der Waals surface area contributed by atoms with Gasteiger partial charge < -0.3 is 10.0 Å². The normalized spacial score (nSPS) is 13.9. The Kier molecular flexibility index (Phi) is 9.08. The molecule has 19 heavy (non-hydrogen) atoms.